The molecule has 1 amide bonds. The second-order valence-corrected chi connectivity index (χ2v) is 4.53. The molecule has 2 aromatic rings. The van der Waals surface area contributed by atoms with Gasteiger partial charge < -0.3 is 9.47 Å². The van der Waals surface area contributed by atoms with Gasteiger partial charge in [-0.1, -0.05) is 36.3 Å². The number of rotatable bonds is 5. The summed E-state index contributed by atoms with van der Waals surface area (Å²) in [5.41, 5.74) is 1.84. The number of carbonyl (C=O) groups excluding carboxylic acids is 1. The number of terminal acetylenes is 1. The fraction of sp³-hybridized carbons (Fsp3) is 0.235. The maximum atomic E-state index is 12.4. The third kappa shape index (κ3) is 3.10. The van der Waals surface area contributed by atoms with Crippen LogP contribution in [0.4, 0.5) is 0 Å². The maximum Gasteiger partial charge on any atom is 0.271 e. The van der Waals surface area contributed by atoms with E-state index < -0.39 is 0 Å². The summed E-state index contributed by atoms with van der Waals surface area (Å²) in [7, 11) is 0. The lowest BCUT2D eigenvalue weighted by molar-refractivity contribution is 0.0774. The summed E-state index contributed by atoms with van der Waals surface area (Å²) >= 11 is 0. The summed E-state index contributed by atoms with van der Waals surface area (Å²) in [6, 6.07) is 13.8. The van der Waals surface area contributed by atoms with Crippen LogP contribution in [0.15, 0.2) is 48.7 Å². The predicted molar refractivity (Wildman–Crippen MR) is 80.4 cm³/mol. The Morgan fingerprint density at radius 3 is 2.65 bits per heavy atom. The van der Waals surface area contributed by atoms with Crippen molar-refractivity contribution >= 4 is 5.91 Å². The van der Waals surface area contributed by atoms with Crippen molar-refractivity contribution in [3.05, 3.63) is 59.9 Å². The van der Waals surface area contributed by atoms with Crippen LogP contribution in [0.3, 0.4) is 0 Å². The van der Waals surface area contributed by atoms with Gasteiger partial charge in [0.15, 0.2) is 0 Å². The van der Waals surface area contributed by atoms with Crippen LogP contribution in [0.2, 0.25) is 0 Å². The molecule has 0 unspecified atom stereocenters. The van der Waals surface area contributed by atoms with Gasteiger partial charge in [0.05, 0.1) is 6.54 Å². The van der Waals surface area contributed by atoms with Gasteiger partial charge in [0.1, 0.15) is 5.69 Å². The van der Waals surface area contributed by atoms with Crippen LogP contribution < -0.4 is 0 Å². The van der Waals surface area contributed by atoms with E-state index in [4.69, 9.17) is 6.42 Å². The van der Waals surface area contributed by atoms with Gasteiger partial charge in [0.2, 0.25) is 0 Å². The number of carbonyl (C=O) groups is 1. The van der Waals surface area contributed by atoms with E-state index in [0.29, 0.717) is 25.3 Å². The topological polar surface area (TPSA) is 25.2 Å². The highest BCUT2D eigenvalue weighted by Crippen LogP contribution is 2.10. The maximum absolute atomic E-state index is 12.4. The molecule has 0 bridgehead atoms. The van der Waals surface area contributed by atoms with Crippen molar-refractivity contribution in [3.8, 4) is 12.3 Å². The molecule has 0 fully saturated rings. The minimum atomic E-state index is -0.0219. The molecule has 0 aliphatic heterocycles. The van der Waals surface area contributed by atoms with Gasteiger partial charge in [-0.15, -0.1) is 6.42 Å². The molecule has 102 valence electrons. The first-order valence-electron chi connectivity index (χ1n) is 6.68. The van der Waals surface area contributed by atoms with Crippen LogP contribution in [-0.2, 0) is 6.54 Å². The number of benzene rings is 1. The molecular weight excluding hydrogens is 248 g/mol. The Kier molecular flexibility index (Phi) is 4.62. The van der Waals surface area contributed by atoms with E-state index in [1.54, 1.807) is 4.90 Å². The van der Waals surface area contributed by atoms with Crippen molar-refractivity contribution in [3.63, 3.8) is 0 Å². The third-order valence-electron chi connectivity index (χ3n) is 3.20. The molecule has 0 aliphatic rings. The SMILES string of the molecule is C#CCN(CC)C(=O)c1cccn1Cc1ccccc1. The molecule has 0 saturated heterocycles. The zero-order valence-corrected chi connectivity index (χ0v) is 11.6. The first-order valence-corrected chi connectivity index (χ1v) is 6.68. The number of hydrogen-bond donors (Lipinski definition) is 0. The van der Waals surface area contributed by atoms with Gasteiger partial charge in [0.25, 0.3) is 5.91 Å². The van der Waals surface area contributed by atoms with E-state index in [2.05, 4.69) is 5.92 Å². The molecule has 0 atom stereocenters. The van der Waals surface area contributed by atoms with E-state index in [-0.39, 0.29) is 5.91 Å². The minimum absolute atomic E-state index is 0.0219. The molecule has 0 radical (unpaired) electrons. The van der Waals surface area contributed by atoms with Gasteiger partial charge in [-0.3, -0.25) is 4.79 Å². The van der Waals surface area contributed by atoms with Gasteiger partial charge in [-0.2, -0.15) is 0 Å². The standard InChI is InChI=1S/C17H18N2O/c1-3-12-18(4-2)17(20)16-11-8-13-19(16)14-15-9-6-5-7-10-15/h1,5-11,13H,4,12,14H2,2H3. The number of amides is 1. The monoisotopic (exact) mass is 266 g/mol. The van der Waals surface area contributed by atoms with E-state index in [0.717, 1.165) is 5.56 Å². The lowest BCUT2D eigenvalue weighted by atomic mass is 10.2. The van der Waals surface area contributed by atoms with Crippen molar-refractivity contribution in [2.45, 2.75) is 13.5 Å². The normalized spacial score (nSPS) is 10.0. The molecule has 0 aliphatic carbocycles. The highest BCUT2D eigenvalue weighted by Gasteiger charge is 2.16. The molecule has 1 heterocycles. The number of hydrogen-bond acceptors (Lipinski definition) is 1. The predicted octanol–water partition coefficient (Wildman–Crippen LogP) is 2.63. The van der Waals surface area contributed by atoms with E-state index in [1.165, 1.54) is 0 Å². The Hall–Kier alpha value is -2.47. The minimum Gasteiger partial charge on any atom is -0.339 e. The lowest BCUT2D eigenvalue weighted by Crippen LogP contribution is -2.32. The smallest absolute Gasteiger partial charge is 0.271 e. The van der Waals surface area contributed by atoms with E-state index in [9.17, 15) is 4.79 Å². The molecule has 1 aromatic carbocycles. The van der Waals surface area contributed by atoms with Crippen LogP contribution in [-0.4, -0.2) is 28.5 Å². The van der Waals surface area contributed by atoms with Crippen LogP contribution in [0.5, 0.6) is 0 Å². The molecule has 0 saturated carbocycles. The summed E-state index contributed by atoms with van der Waals surface area (Å²) in [6.07, 6.45) is 7.23. The quantitative estimate of drug-likeness (QED) is 0.764. The molecule has 20 heavy (non-hydrogen) atoms. The molecule has 3 heteroatoms. The van der Waals surface area contributed by atoms with Gasteiger partial charge in [-0.05, 0) is 24.6 Å². The van der Waals surface area contributed by atoms with E-state index >= 15 is 0 Å². The second kappa shape index (κ2) is 6.63. The second-order valence-electron chi connectivity index (χ2n) is 4.53. The van der Waals surface area contributed by atoms with Gasteiger partial charge in [0, 0.05) is 19.3 Å². The van der Waals surface area contributed by atoms with Crippen molar-refractivity contribution in [1.82, 2.24) is 9.47 Å². The van der Waals surface area contributed by atoms with Crippen LogP contribution in [0.1, 0.15) is 23.0 Å². The highest BCUT2D eigenvalue weighted by molar-refractivity contribution is 5.93. The average Bonchev–Trinajstić information content (AvgIpc) is 2.93. The Bertz CT molecular complexity index is 607. The highest BCUT2D eigenvalue weighted by atomic mass is 16.2. The lowest BCUT2D eigenvalue weighted by Gasteiger charge is -2.19. The zero-order chi connectivity index (χ0) is 14.4. The summed E-state index contributed by atoms with van der Waals surface area (Å²) in [5.74, 6) is 2.50. The Morgan fingerprint density at radius 1 is 1.25 bits per heavy atom. The van der Waals surface area contributed by atoms with Crippen molar-refractivity contribution in [1.29, 1.82) is 0 Å². The summed E-state index contributed by atoms with van der Waals surface area (Å²) in [5, 5.41) is 0. The average molecular weight is 266 g/mol. The largest absolute Gasteiger partial charge is 0.339 e. The first-order chi connectivity index (χ1) is 9.76. The van der Waals surface area contributed by atoms with Gasteiger partial charge in [-0.25, -0.2) is 0 Å². The van der Waals surface area contributed by atoms with Crippen molar-refractivity contribution in [2.24, 2.45) is 0 Å². The number of aromatic nitrogens is 1. The molecule has 3 nitrogen and oxygen atoms in total. The van der Waals surface area contributed by atoms with E-state index in [1.807, 2.05) is 60.2 Å². The molecule has 2 rings (SSSR count). The van der Waals surface area contributed by atoms with Crippen LogP contribution >= 0.6 is 0 Å². The molecular formula is C17H18N2O. The third-order valence-corrected chi connectivity index (χ3v) is 3.20. The number of nitrogens with zero attached hydrogens (tertiary/aromatic N) is 2. The van der Waals surface area contributed by atoms with Crippen molar-refractivity contribution < 1.29 is 4.79 Å². The van der Waals surface area contributed by atoms with Gasteiger partial charge >= 0.3 is 0 Å². The Morgan fingerprint density at radius 2 is 2.00 bits per heavy atom. The summed E-state index contributed by atoms with van der Waals surface area (Å²) in [4.78, 5) is 14.1. The molecule has 0 spiro atoms. The summed E-state index contributed by atoms with van der Waals surface area (Å²) in [6.45, 7) is 3.56. The Balaban J connectivity index is 2.20. The van der Waals surface area contributed by atoms with Crippen LogP contribution in [0.25, 0.3) is 0 Å². The Labute approximate surface area is 119 Å². The molecule has 1 aromatic heterocycles. The first kappa shape index (κ1) is 14.0. The molecule has 0 N–H and O–H groups in total. The fourth-order valence-corrected chi connectivity index (χ4v) is 2.13. The zero-order valence-electron chi connectivity index (χ0n) is 11.6. The van der Waals surface area contributed by atoms with Crippen LogP contribution in [0, 0.1) is 12.3 Å². The fourth-order valence-electron chi connectivity index (χ4n) is 2.13. The summed E-state index contributed by atoms with van der Waals surface area (Å²) < 4.78 is 1.96. The van der Waals surface area contributed by atoms with Crippen molar-refractivity contribution in [2.75, 3.05) is 13.1 Å².